The van der Waals surface area contributed by atoms with Crippen molar-refractivity contribution in [3.8, 4) is 11.3 Å². The molecule has 0 bridgehead atoms. The van der Waals surface area contributed by atoms with Crippen molar-refractivity contribution in [3.63, 3.8) is 0 Å². The summed E-state index contributed by atoms with van der Waals surface area (Å²) < 4.78 is 2.42. The van der Waals surface area contributed by atoms with Crippen LogP contribution in [0.5, 0.6) is 0 Å². The fourth-order valence-electron chi connectivity index (χ4n) is 3.34. The predicted octanol–water partition coefficient (Wildman–Crippen LogP) is 3.73. The average Bonchev–Trinajstić information content (AvgIpc) is 2.80. The third-order valence-corrected chi connectivity index (χ3v) is 4.59. The van der Waals surface area contributed by atoms with Crippen molar-refractivity contribution >= 4 is 17.3 Å². The van der Waals surface area contributed by atoms with Gasteiger partial charge in [0.25, 0.3) is 0 Å². The monoisotopic (exact) mass is 270 g/mol. The van der Waals surface area contributed by atoms with Gasteiger partial charge in [-0.3, -0.25) is 4.99 Å². The summed E-state index contributed by atoms with van der Waals surface area (Å²) in [5.74, 6) is 0. The molecule has 0 fully saturated rings. The van der Waals surface area contributed by atoms with Gasteiger partial charge in [-0.25, -0.2) is 0 Å². The van der Waals surface area contributed by atoms with Crippen molar-refractivity contribution in [2.45, 2.75) is 26.3 Å². The van der Waals surface area contributed by atoms with Gasteiger partial charge in [0, 0.05) is 17.1 Å². The second kappa shape index (κ2) is 3.97. The molecule has 96 valence electrons. The Morgan fingerprint density at radius 2 is 2.16 bits per heavy atom. The van der Waals surface area contributed by atoms with E-state index in [1.165, 1.54) is 28.1 Å². The molecule has 2 nitrogen and oxygen atoms in total. The Bertz CT molecular complexity index is 710. The third kappa shape index (κ3) is 1.53. The van der Waals surface area contributed by atoms with Crippen LogP contribution in [0.4, 0.5) is 0 Å². The average molecular weight is 271 g/mol. The first-order chi connectivity index (χ1) is 9.25. The highest BCUT2D eigenvalue weighted by atomic mass is 35.5. The SMILES string of the molecule is CC1=NCCn2c1cc1c2-c2cccc(Cl)c2CC1. The summed E-state index contributed by atoms with van der Waals surface area (Å²) in [4.78, 5) is 4.56. The van der Waals surface area contributed by atoms with Crippen LogP contribution in [-0.2, 0) is 19.4 Å². The predicted molar refractivity (Wildman–Crippen MR) is 79.4 cm³/mol. The van der Waals surface area contributed by atoms with Crippen molar-refractivity contribution in [1.29, 1.82) is 0 Å². The van der Waals surface area contributed by atoms with Gasteiger partial charge in [0.15, 0.2) is 0 Å². The first-order valence-electron chi connectivity index (χ1n) is 6.77. The van der Waals surface area contributed by atoms with Gasteiger partial charge < -0.3 is 4.57 Å². The molecule has 1 aromatic carbocycles. The number of benzene rings is 1. The number of halogens is 1. The minimum Gasteiger partial charge on any atom is -0.337 e. The maximum atomic E-state index is 6.35. The van der Waals surface area contributed by atoms with Gasteiger partial charge in [0.1, 0.15) is 0 Å². The Morgan fingerprint density at radius 3 is 3.05 bits per heavy atom. The summed E-state index contributed by atoms with van der Waals surface area (Å²) in [6, 6.07) is 8.57. The molecule has 1 aromatic heterocycles. The largest absolute Gasteiger partial charge is 0.337 e. The lowest BCUT2D eigenvalue weighted by atomic mass is 9.90. The van der Waals surface area contributed by atoms with Crippen LogP contribution in [-0.4, -0.2) is 16.8 Å². The highest BCUT2D eigenvalue weighted by Gasteiger charge is 2.25. The second-order valence-corrected chi connectivity index (χ2v) is 5.70. The highest BCUT2D eigenvalue weighted by molar-refractivity contribution is 6.31. The third-order valence-electron chi connectivity index (χ3n) is 4.24. The normalized spacial score (nSPS) is 16.4. The summed E-state index contributed by atoms with van der Waals surface area (Å²) in [7, 11) is 0. The van der Waals surface area contributed by atoms with Crippen LogP contribution in [0.15, 0.2) is 29.3 Å². The van der Waals surface area contributed by atoms with Crippen LogP contribution in [0.2, 0.25) is 5.02 Å². The molecule has 0 saturated carbocycles. The second-order valence-electron chi connectivity index (χ2n) is 5.29. The van der Waals surface area contributed by atoms with Gasteiger partial charge in [-0.2, -0.15) is 0 Å². The van der Waals surface area contributed by atoms with Gasteiger partial charge in [-0.1, -0.05) is 23.7 Å². The van der Waals surface area contributed by atoms with Crippen LogP contribution in [0, 0.1) is 0 Å². The lowest BCUT2D eigenvalue weighted by molar-refractivity contribution is 0.691. The van der Waals surface area contributed by atoms with E-state index in [0.29, 0.717) is 0 Å². The number of aliphatic imine (C=N–C) groups is 1. The van der Waals surface area contributed by atoms with Crippen molar-refractivity contribution in [1.82, 2.24) is 4.57 Å². The molecule has 0 radical (unpaired) electrons. The molecule has 1 aliphatic carbocycles. The molecule has 0 saturated heterocycles. The molecule has 0 amide bonds. The number of aryl methyl sites for hydroxylation is 1. The van der Waals surface area contributed by atoms with Gasteiger partial charge in [-0.15, -0.1) is 0 Å². The molecule has 0 N–H and O–H groups in total. The van der Waals surface area contributed by atoms with E-state index in [-0.39, 0.29) is 0 Å². The molecular formula is C16H15ClN2. The first kappa shape index (κ1) is 11.3. The van der Waals surface area contributed by atoms with Gasteiger partial charge >= 0.3 is 0 Å². The van der Waals surface area contributed by atoms with E-state index in [1.807, 2.05) is 6.07 Å². The van der Waals surface area contributed by atoms with E-state index < -0.39 is 0 Å². The van der Waals surface area contributed by atoms with E-state index >= 15 is 0 Å². The van der Waals surface area contributed by atoms with Crippen LogP contribution in [0.3, 0.4) is 0 Å². The molecular weight excluding hydrogens is 256 g/mol. The minimum atomic E-state index is 0.885. The summed E-state index contributed by atoms with van der Waals surface area (Å²) in [6.45, 7) is 3.97. The highest BCUT2D eigenvalue weighted by Crippen LogP contribution is 2.39. The van der Waals surface area contributed by atoms with Crippen LogP contribution in [0.1, 0.15) is 23.7 Å². The summed E-state index contributed by atoms with van der Waals surface area (Å²) in [5.41, 5.74) is 7.87. The summed E-state index contributed by atoms with van der Waals surface area (Å²) >= 11 is 6.35. The molecule has 0 unspecified atom stereocenters. The summed E-state index contributed by atoms with van der Waals surface area (Å²) in [5, 5.41) is 0.903. The minimum absolute atomic E-state index is 0.885. The van der Waals surface area contributed by atoms with E-state index in [1.54, 1.807) is 0 Å². The Kier molecular flexibility index (Phi) is 2.36. The number of aromatic nitrogens is 1. The maximum Gasteiger partial charge on any atom is 0.0626 e. The lowest BCUT2D eigenvalue weighted by Gasteiger charge is -2.22. The van der Waals surface area contributed by atoms with E-state index in [4.69, 9.17) is 11.6 Å². The van der Waals surface area contributed by atoms with E-state index in [2.05, 4.69) is 34.7 Å². The fraction of sp³-hybridized carbons (Fsp3) is 0.312. The maximum absolute atomic E-state index is 6.35. The van der Waals surface area contributed by atoms with E-state index in [9.17, 15) is 0 Å². The van der Waals surface area contributed by atoms with Gasteiger partial charge in [-0.05, 0) is 43.0 Å². The number of hydrogen-bond acceptors (Lipinski definition) is 1. The fourth-order valence-corrected chi connectivity index (χ4v) is 3.61. The topological polar surface area (TPSA) is 17.3 Å². The molecule has 4 rings (SSSR count). The molecule has 2 aromatic rings. The first-order valence-corrected chi connectivity index (χ1v) is 7.15. The molecule has 3 heteroatoms. The van der Waals surface area contributed by atoms with Gasteiger partial charge in [0.2, 0.25) is 0 Å². The van der Waals surface area contributed by atoms with Crippen molar-refractivity contribution in [3.05, 3.63) is 46.1 Å². The summed E-state index contributed by atoms with van der Waals surface area (Å²) in [6.07, 6.45) is 2.13. The number of fused-ring (bicyclic) bond motifs is 5. The Balaban J connectivity index is 2.02. The van der Waals surface area contributed by atoms with Crippen molar-refractivity contribution in [2.75, 3.05) is 6.54 Å². The standard InChI is InChI=1S/C16H15ClN2/c1-10-15-9-11-5-6-12-13(3-2-4-14(12)17)16(11)19(15)8-7-18-10/h2-4,9H,5-8H2,1H3. The molecule has 19 heavy (non-hydrogen) atoms. The number of rotatable bonds is 0. The zero-order valence-electron chi connectivity index (χ0n) is 10.9. The Morgan fingerprint density at radius 1 is 1.26 bits per heavy atom. The van der Waals surface area contributed by atoms with Gasteiger partial charge in [0.05, 0.1) is 23.6 Å². The molecule has 0 atom stereocenters. The molecule has 1 aliphatic heterocycles. The van der Waals surface area contributed by atoms with Crippen molar-refractivity contribution < 1.29 is 0 Å². The quantitative estimate of drug-likeness (QED) is 0.694. The number of nitrogens with zero attached hydrogens (tertiary/aromatic N) is 2. The van der Waals surface area contributed by atoms with Crippen LogP contribution >= 0.6 is 11.6 Å². The van der Waals surface area contributed by atoms with E-state index in [0.717, 1.165) is 36.7 Å². The molecule has 0 spiro atoms. The Hall–Kier alpha value is -1.54. The zero-order valence-corrected chi connectivity index (χ0v) is 11.7. The van der Waals surface area contributed by atoms with Crippen LogP contribution < -0.4 is 0 Å². The number of hydrogen-bond donors (Lipinski definition) is 0. The molecule has 2 aliphatic rings. The zero-order chi connectivity index (χ0) is 13.0. The van der Waals surface area contributed by atoms with Crippen molar-refractivity contribution in [2.24, 2.45) is 4.99 Å². The van der Waals surface area contributed by atoms with Crippen LogP contribution in [0.25, 0.3) is 11.3 Å². The molecule has 2 heterocycles. The smallest absolute Gasteiger partial charge is 0.0626 e. The Labute approximate surface area is 117 Å². The lowest BCUT2D eigenvalue weighted by Crippen LogP contribution is -2.17.